The van der Waals surface area contributed by atoms with E-state index in [9.17, 15) is 9.59 Å². The van der Waals surface area contributed by atoms with Gasteiger partial charge in [0.05, 0.1) is 24.9 Å². The van der Waals surface area contributed by atoms with E-state index in [1.807, 2.05) is 64.5 Å². The van der Waals surface area contributed by atoms with Crippen molar-refractivity contribution in [1.29, 1.82) is 0 Å². The van der Waals surface area contributed by atoms with Crippen molar-refractivity contribution in [2.75, 3.05) is 12.4 Å². The molecule has 0 radical (unpaired) electrons. The summed E-state index contributed by atoms with van der Waals surface area (Å²) in [4.78, 5) is 29.3. The molecule has 0 atom stereocenters. The number of rotatable bonds is 6. The Labute approximate surface area is 192 Å². The van der Waals surface area contributed by atoms with E-state index in [1.54, 1.807) is 13.2 Å². The van der Waals surface area contributed by atoms with Crippen LogP contribution in [-0.4, -0.2) is 32.6 Å². The highest BCUT2D eigenvalue weighted by Crippen LogP contribution is 2.26. The minimum atomic E-state index is -0.251. The number of anilines is 1. The van der Waals surface area contributed by atoms with Crippen molar-refractivity contribution in [2.24, 2.45) is 0 Å². The predicted octanol–water partition coefficient (Wildman–Crippen LogP) is 4.00. The fourth-order valence-corrected chi connectivity index (χ4v) is 4.33. The maximum Gasteiger partial charge on any atom is 0.264 e. The molecule has 1 amide bonds. The smallest absolute Gasteiger partial charge is 0.264 e. The van der Waals surface area contributed by atoms with E-state index in [0.29, 0.717) is 11.4 Å². The maximum atomic E-state index is 12.7. The summed E-state index contributed by atoms with van der Waals surface area (Å²) in [6, 6.07) is 18.1. The van der Waals surface area contributed by atoms with Crippen LogP contribution >= 0.6 is 11.3 Å². The van der Waals surface area contributed by atoms with Crippen molar-refractivity contribution in [3.63, 3.8) is 0 Å². The van der Waals surface area contributed by atoms with Crippen molar-refractivity contribution in [3.8, 4) is 28.3 Å². The van der Waals surface area contributed by atoms with Gasteiger partial charge in [0.2, 0.25) is 5.91 Å². The van der Waals surface area contributed by atoms with Crippen LogP contribution in [-0.2, 0) is 11.2 Å². The maximum absolute atomic E-state index is 12.7. The van der Waals surface area contributed by atoms with E-state index in [1.165, 1.54) is 17.4 Å². The third kappa shape index (κ3) is 4.39. The van der Waals surface area contributed by atoms with E-state index in [0.717, 1.165) is 33.2 Å². The van der Waals surface area contributed by atoms with Crippen molar-refractivity contribution in [3.05, 3.63) is 88.3 Å². The fourth-order valence-electron chi connectivity index (χ4n) is 3.46. The third-order valence-corrected chi connectivity index (χ3v) is 6.04. The largest absolute Gasteiger partial charge is 0.497 e. The Morgan fingerprint density at radius 2 is 1.76 bits per heavy atom. The average molecular weight is 458 g/mol. The Kier molecular flexibility index (Phi) is 5.45. The molecule has 2 N–H and O–H groups in total. The first-order valence-electron chi connectivity index (χ1n) is 10.1. The molecule has 9 heteroatoms. The standard InChI is InChI=1S/C24H19N5O3S/c1-32-19-8-4-16(5-9-19)21-13-29-18(14-33-24(29)26-21)12-23(31)25-17-6-2-15(3-7-17)20-10-11-22(30)28-27-20/h2-11,13-14H,12H2,1H3,(H,25,31)(H,28,30). The number of carbonyl (C=O) groups excluding carboxylic acids is 1. The molecule has 2 aromatic carbocycles. The Morgan fingerprint density at radius 3 is 2.45 bits per heavy atom. The fraction of sp³-hybridized carbons (Fsp3) is 0.0833. The molecule has 5 aromatic rings. The molecule has 164 valence electrons. The molecule has 0 bridgehead atoms. The summed E-state index contributed by atoms with van der Waals surface area (Å²) < 4.78 is 7.16. The quantitative estimate of drug-likeness (QED) is 0.401. The van der Waals surface area contributed by atoms with Crippen molar-refractivity contribution in [2.45, 2.75) is 6.42 Å². The summed E-state index contributed by atoms with van der Waals surface area (Å²) in [6.45, 7) is 0. The number of fused-ring (bicyclic) bond motifs is 1. The zero-order valence-corrected chi connectivity index (χ0v) is 18.4. The number of carbonyl (C=O) groups is 1. The summed E-state index contributed by atoms with van der Waals surface area (Å²) in [5.41, 5.74) is 4.63. The van der Waals surface area contributed by atoms with Gasteiger partial charge in [-0.05, 0) is 42.5 Å². The molecule has 0 saturated heterocycles. The molecule has 0 aliphatic carbocycles. The van der Waals surface area contributed by atoms with Gasteiger partial charge < -0.3 is 10.1 Å². The van der Waals surface area contributed by atoms with Gasteiger partial charge in [-0.3, -0.25) is 14.0 Å². The second kappa shape index (κ2) is 8.71. The van der Waals surface area contributed by atoms with Gasteiger partial charge in [0, 0.05) is 40.2 Å². The van der Waals surface area contributed by atoms with Gasteiger partial charge in [-0.2, -0.15) is 5.10 Å². The second-order valence-corrected chi connectivity index (χ2v) is 8.18. The zero-order chi connectivity index (χ0) is 22.8. The number of hydrogen-bond acceptors (Lipinski definition) is 6. The van der Waals surface area contributed by atoms with Crippen LogP contribution in [0.2, 0.25) is 0 Å². The van der Waals surface area contributed by atoms with Crippen LogP contribution in [0.25, 0.3) is 27.5 Å². The van der Waals surface area contributed by atoms with Crippen molar-refractivity contribution >= 4 is 27.9 Å². The SMILES string of the molecule is COc1ccc(-c2cn3c(CC(=O)Nc4ccc(-c5ccc(=O)[nH]n5)cc4)csc3n2)cc1. The van der Waals surface area contributed by atoms with E-state index in [-0.39, 0.29) is 17.9 Å². The first kappa shape index (κ1) is 20.7. The normalized spacial score (nSPS) is 10.9. The summed E-state index contributed by atoms with van der Waals surface area (Å²) in [7, 11) is 1.64. The van der Waals surface area contributed by atoms with Crippen LogP contribution in [0.1, 0.15) is 5.69 Å². The molecular formula is C24H19N5O3S. The number of methoxy groups -OCH3 is 1. The summed E-state index contributed by atoms with van der Waals surface area (Å²) in [5, 5.41) is 11.3. The van der Waals surface area contributed by atoms with Crippen LogP contribution < -0.4 is 15.6 Å². The van der Waals surface area contributed by atoms with Crippen LogP contribution in [0.4, 0.5) is 5.69 Å². The number of amides is 1. The highest BCUT2D eigenvalue weighted by Gasteiger charge is 2.13. The number of nitrogens with one attached hydrogen (secondary N) is 2. The number of aromatic nitrogens is 4. The number of thiazole rings is 1. The first-order valence-corrected chi connectivity index (χ1v) is 11.0. The number of nitrogens with zero attached hydrogens (tertiary/aromatic N) is 3. The summed E-state index contributed by atoms with van der Waals surface area (Å²) >= 11 is 1.50. The minimum Gasteiger partial charge on any atom is -0.497 e. The molecule has 0 fully saturated rings. The lowest BCUT2D eigenvalue weighted by Gasteiger charge is -2.06. The van der Waals surface area contributed by atoms with Crippen molar-refractivity contribution < 1.29 is 9.53 Å². The number of benzene rings is 2. The molecule has 0 saturated carbocycles. The Morgan fingerprint density at radius 1 is 1.03 bits per heavy atom. The molecular weight excluding hydrogens is 438 g/mol. The first-order chi connectivity index (χ1) is 16.1. The Balaban J connectivity index is 1.28. The number of H-pyrrole nitrogens is 1. The van der Waals surface area contributed by atoms with Gasteiger partial charge in [0.1, 0.15) is 5.75 Å². The molecule has 33 heavy (non-hydrogen) atoms. The highest BCUT2D eigenvalue weighted by molar-refractivity contribution is 7.15. The van der Waals surface area contributed by atoms with Gasteiger partial charge in [-0.1, -0.05) is 12.1 Å². The molecule has 0 unspecified atom stereocenters. The molecule has 8 nitrogen and oxygen atoms in total. The molecule has 3 heterocycles. The monoisotopic (exact) mass is 457 g/mol. The van der Waals surface area contributed by atoms with Crippen LogP contribution in [0.15, 0.2) is 77.0 Å². The van der Waals surface area contributed by atoms with E-state index < -0.39 is 0 Å². The molecule has 3 aromatic heterocycles. The number of ether oxygens (including phenoxy) is 1. The minimum absolute atomic E-state index is 0.121. The van der Waals surface area contributed by atoms with Gasteiger partial charge >= 0.3 is 0 Å². The van der Waals surface area contributed by atoms with Gasteiger partial charge in [0.15, 0.2) is 4.96 Å². The lowest BCUT2D eigenvalue weighted by atomic mass is 10.1. The number of hydrogen-bond donors (Lipinski definition) is 2. The molecule has 0 spiro atoms. The average Bonchev–Trinajstić information content (AvgIpc) is 3.42. The van der Waals surface area contributed by atoms with Crippen LogP contribution in [0.5, 0.6) is 5.75 Å². The zero-order valence-electron chi connectivity index (χ0n) is 17.6. The molecule has 0 aliphatic rings. The topological polar surface area (TPSA) is 101 Å². The lowest BCUT2D eigenvalue weighted by Crippen LogP contribution is -2.15. The molecule has 5 rings (SSSR count). The Bertz CT molecular complexity index is 1460. The van der Waals surface area contributed by atoms with Crippen LogP contribution in [0.3, 0.4) is 0 Å². The number of imidazole rings is 1. The van der Waals surface area contributed by atoms with Gasteiger partial charge in [-0.25, -0.2) is 10.1 Å². The van der Waals surface area contributed by atoms with Gasteiger partial charge in [-0.15, -0.1) is 11.3 Å². The Hall–Kier alpha value is -4.24. The lowest BCUT2D eigenvalue weighted by molar-refractivity contribution is -0.115. The highest BCUT2D eigenvalue weighted by atomic mass is 32.1. The van der Waals surface area contributed by atoms with Crippen molar-refractivity contribution in [1.82, 2.24) is 19.6 Å². The number of aromatic amines is 1. The van der Waals surface area contributed by atoms with Gasteiger partial charge in [0.25, 0.3) is 5.56 Å². The predicted molar refractivity (Wildman–Crippen MR) is 128 cm³/mol. The third-order valence-electron chi connectivity index (χ3n) is 5.15. The van der Waals surface area contributed by atoms with E-state index >= 15 is 0 Å². The second-order valence-electron chi connectivity index (χ2n) is 7.34. The van der Waals surface area contributed by atoms with E-state index in [4.69, 9.17) is 4.74 Å². The summed E-state index contributed by atoms with van der Waals surface area (Å²) in [6.07, 6.45) is 2.17. The summed E-state index contributed by atoms with van der Waals surface area (Å²) in [5.74, 6) is 0.671. The molecule has 0 aliphatic heterocycles. The van der Waals surface area contributed by atoms with Crippen LogP contribution in [0, 0.1) is 0 Å². The van der Waals surface area contributed by atoms with E-state index in [2.05, 4.69) is 20.5 Å².